The Morgan fingerprint density at radius 1 is 1.17 bits per heavy atom. The molecule has 2 heterocycles. The molecule has 10 nitrogen and oxygen atoms in total. The van der Waals surface area contributed by atoms with Crippen LogP contribution in [0.4, 0.5) is 5.82 Å². The molecule has 1 aromatic carbocycles. The topological polar surface area (TPSA) is 134 Å². The van der Waals surface area contributed by atoms with Crippen LogP contribution in [0.25, 0.3) is 0 Å². The minimum atomic E-state index is -0.372. The van der Waals surface area contributed by atoms with Crippen molar-refractivity contribution in [3.63, 3.8) is 0 Å². The summed E-state index contributed by atoms with van der Waals surface area (Å²) in [6, 6.07) is 6.48. The number of rotatable bonds is 8. The molecule has 0 saturated heterocycles. The van der Waals surface area contributed by atoms with E-state index in [0.29, 0.717) is 22.9 Å². The maximum absolute atomic E-state index is 12.7. The number of aromatic nitrogens is 4. The second kappa shape index (κ2) is 9.14. The van der Waals surface area contributed by atoms with Gasteiger partial charge in [-0.1, -0.05) is 0 Å². The fourth-order valence-electron chi connectivity index (χ4n) is 2.51. The van der Waals surface area contributed by atoms with Crippen LogP contribution in [0.1, 0.15) is 34.7 Å². The number of anilines is 1. The van der Waals surface area contributed by atoms with E-state index in [2.05, 4.69) is 20.4 Å². The molecule has 0 aliphatic carbocycles. The molecular formula is C20H22N6O4. The standard InChI is InChI=1S/C20H22N6O4/c1-12(2)29-14-6-13(20(28)24-18-4-5-26(3)25-18)7-15(8-14)30-19-11-22-16(10-23-19)17(27)9-21/h4-8,10-12H,9,21H2,1-3H3,(H,24,25,28). The first kappa shape index (κ1) is 20.9. The van der Waals surface area contributed by atoms with Crippen LogP contribution in [0.15, 0.2) is 42.9 Å². The highest BCUT2D eigenvalue weighted by Crippen LogP contribution is 2.27. The Balaban J connectivity index is 1.84. The summed E-state index contributed by atoms with van der Waals surface area (Å²) < 4.78 is 13.0. The zero-order valence-corrected chi connectivity index (χ0v) is 16.8. The monoisotopic (exact) mass is 410 g/mol. The number of nitrogens with one attached hydrogen (secondary N) is 1. The summed E-state index contributed by atoms with van der Waals surface area (Å²) in [5.41, 5.74) is 5.78. The molecular weight excluding hydrogens is 388 g/mol. The van der Waals surface area contributed by atoms with Crippen LogP contribution < -0.4 is 20.5 Å². The minimum absolute atomic E-state index is 0.103. The number of aryl methyl sites for hydroxylation is 1. The van der Waals surface area contributed by atoms with Gasteiger partial charge in [-0.25, -0.2) is 9.97 Å². The number of carbonyl (C=O) groups is 2. The van der Waals surface area contributed by atoms with Crippen molar-refractivity contribution in [2.45, 2.75) is 20.0 Å². The molecule has 0 aliphatic rings. The lowest BCUT2D eigenvalue weighted by atomic mass is 10.2. The van der Waals surface area contributed by atoms with Crippen LogP contribution in [0.2, 0.25) is 0 Å². The highest BCUT2D eigenvalue weighted by Gasteiger charge is 2.14. The predicted molar refractivity (Wildman–Crippen MR) is 109 cm³/mol. The van der Waals surface area contributed by atoms with E-state index >= 15 is 0 Å². The third-order valence-electron chi connectivity index (χ3n) is 3.79. The summed E-state index contributed by atoms with van der Waals surface area (Å²) in [5, 5.41) is 6.85. The summed E-state index contributed by atoms with van der Waals surface area (Å²) in [5.74, 6) is 0.660. The SMILES string of the molecule is CC(C)Oc1cc(Oc2cnc(C(=O)CN)cn2)cc(C(=O)Nc2ccn(C)n2)c1. The lowest BCUT2D eigenvalue weighted by Crippen LogP contribution is -2.15. The van der Waals surface area contributed by atoms with Crippen LogP contribution >= 0.6 is 0 Å². The zero-order valence-electron chi connectivity index (χ0n) is 16.8. The second-order valence-corrected chi connectivity index (χ2v) is 6.66. The Labute approximate surface area is 173 Å². The number of hydrogen-bond donors (Lipinski definition) is 2. The van der Waals surface area contributed by atoms with E-state index in [4.69, 9.17) is 15.2 Å². The van der Waals surface area contributed by atoms with Gasteiger partial charge in [-0.2, -0.15) is 5.10 Å². The fraction of sp³-hybridized carbons (Fsp3) is 0.250. The Hall–Kier alpha value is -3.79. The van der Waals surface area contributed by atoms with E-state index in [1.54, 1.807) is 42.2 Å². The molecule has 0 saturated carbocycles. The van der Waals surface area contributed by atoms with Gasteiger partial charge in [0.25, 0.3) is 5.91 Å². The van der Waals surface area contributed by atoms with Crippen molar-refractivity contribution < 1.29 is 19.1 Å². The van der Waals surface area contributed by atoms with Crippen molar-refractivity contribution in [3.8, 4) is 17.4 Å². The number of hydrogen-bond acceptors (Lipinski definition) is 8. The molecule has 0 radical (unpaired) electrons. The number of nitrogens with two attached hydrogens (primary N) is 1. The largest absolute Gasteiger partial charge is 0.491 e. The van der Waals surface area contributed by atoms with E-state index in [1.807, 2.05) is 13.8 Å². The van der Waals surface area contributed by atoms with Gasteiger partial charge in [-0.3, -0.25) is 14.3 Å². The van der Waals surface area contributed by atoms with E-state index in [1.165, 1.54) is 12.4 Å². The molecule has 0 fully saturated rings. The number of amides is 1. The number of nitrogens with zero attached hydrogens (tertiary/aromatic N) is 4. The van der Waals surface area contributed by atoms with Gasteiger partial charge in [0.2, 0.25) is 5.88 Å². The van der Waals surface area contributed by atoms with Crippen molar-refractivity contribution in [2.24, 2.45) is 12.8 Å². The van der Waals surface area contributed by atoms with Gasteiger partial charge < -0.3 is 20.5 Å². The summed E-state index contributed by atoms with van der Waals surface area (Å²) in [4.78, 5) is 32.3. The summed E-state index contributed by atoms with van der Waals surface area (Å²) in [6.07, 6.45) is 4.22. The van der Waals surface area contributed by atoms with Crippen LogP contribution in [0.3, 0.4) is 0 Å². The highest BCUT2D eigenvalue weighted by atomic mass is 16.5. The molecule has 0 aliphatic heterocycles. The molecule has 0 atom stereocenters. The summed E-state index contributed by atoms with van der Waals surface area (Å²) in [6.45, 7) is 3.60. The molecule has 2 aromatic heterocycles. The lowest BCUT2D eigenvalue weighted by Gasteiger charge is -2.13. The lowest BCUT2D eigenvalue weighted by molar-refractivity contribution is 0.0994. The molecule has 10 heteroatoms. The molecule has 3 rings (SSSR count). The third-order valence-corrected chi connectivity index (χ3v) is 3.79. The first-order valence-corrected chi connectivity index (χ1v) is 9.20. The number of ketones is 1. The van der Waals surface area contributed by atoms with E-state index in [-0.39, 0.29) is 35.9 Å². The van der Waals surface area contributed by atoms with Crippen molar-refractivity contribution in [2.75, 3.05) is 11.9 Å². The maximum Gasteiger partial charge on any atom is 0.257 e. The molecule has 3 N–H and O–H groups in total. The summed E-state index contributed by atoms with van der Waals surface area (Å²) >= 11 is 0. The second-order valence-electron chi connectivity index (χ2n) is 6.66. The van der Waals surface area contributed by atoms with Gasteiger partial charge >= 0.3 is 0 Å². The fourth-order valence-corrected chi connectivity index (χ4v) is 2.51. The van der Waals surface area contributed by atoms with Gasteiger partial charge in [-0.15, -0.1) is 0 Å². The average molecular weight is 410 g/mol. The number of benzene rings is 1. The quantitative estimate of drug-likeness (QED) is 0.540. The van der Waals surface area contributed by atoms with Gasteiger partial charge in [0.05, 0.1) is 25.0 Å². The van der Waals surface area contributed by atoms with Crippen LogP contribution in [0.5, 0.6) is 17.4 Å². The first-order valence-electron chi connectivity index (χ1n) is 9.20. The Morgan fingerprint density at radius 3 is 2.53 bits per heavy atom. The number of carbonyl (C=O) groups excluding carboxylic acids is 2. The smallest absolute Gasteiger partial charge is 0.257 e. The number of Topliss-reactive ketones (excluding diaryl/α,β-unsaturated/α-hetero) is 1. The van der Waals surface area contributed by atoms with Crippen molar-refractivity contribution >= 4 is 17.5 Å². The molecule has 0 spiro atoms. The Morgan fingerprint density at radius 2 is 1.93 bits per heavy atom. The third kappa shape index (κ3) is 5.39. The van der Waals surface area contributed by atoms with E-state index in [9.17, 15) is 9.59 Å². The van der Waals surface area contributed by atoms with Crippen molar-refractivity contribution in [3.05, 3.63) is 54.1 Å². The molecule has 156 valence electrons. The first-order chi connectivity index (χ1) is 14.3. The highest BCUT2D eigenvalue weighted by molar-refractivity contribution is 6.04. The zero-order chi connectivity index (χ0) is 21.7. The molecule has 0 unspecified atom stereocenters. The van der Waals surface area contributed by atoms with Crippen molar-refractivity contribution in [1.29, 1.82) is 0 Å². The van der Waals surface area contributed by atoms with Crippen LogP contribution in [-0.2, 0) is 7.05 Å². The maximum atomic E-state index is 12.7. The van der Waals surface area contributed by atoms with Gasteiger partial charge in [0.15, 0.2) is 11.6 Å². The molecule has 30 heavy (non-hydrogen) atoms. The Kier molecular flexibility index (Phi) is 6.38. The normalized spacial score (nSPS) is 10.7. The van der Waals surface area contributed by atoms with Gasteiger partial charge in [0, 0.05) is 30.9 Å². The Bertz CT molecular complexity index is 1050. The van der Waals surface area contributed by atoms with Crippen molar-refractivity contribution in [1.82, 2.24) is 19.7 Å². The predicted octanol–water partition coefficient (Wildman–Crippen LogP) is 2.18. The average Bonchev–Trinajstić information content (AvgIpc) is 3.11. The molecule has 0 bridgehead atoms. The van der Waals surface area contributed by atoms with E-state index < -0.39 is 0 Å². The molecule has 3 aromatic rings. The summed E-state index contributed by atoms with van der Waals surface area (Å²) in [7, 11) is 1.76. The van der Waals surface area contributed by atoms with Crippen LogP contribution in [-0.4, -0.2) is 44.1 Å². The molecule has 1 amide bonds. The van der Waals surface area contributed by atoms with Gasteiger partial charge in [-0.05, 0) is 26.0 Å². The van der Waals surface area contributed by atoms with Gasteiger partial charge in [0.1, 0.15) is 17.2 Å². The minimum Gasteiger partial charge on any atom is -0.491 e. The van der Waals surface area contributed by atoms with Crippen LogP contribution in [0, 0.1) is 0 Å². The van der Waals surface area contributed by atoms with E-state index in [0.717, 1.165) is 0 Å². The number of ether oxygens (including phenoxy) is 2.